The third-order valence-electron chi connectivity index (χ3n) is 4.40. The van der Waals surface area contributed by atoms with Crippen LogP contribution in [0, 0.1) is 0 Å². The van der Waals surface area contributed by atoms with Crippen LogP contribution in [-0.2, 0) is 6.42 Å². The molecule has 0 radical (unpaired) electrons. The van der Waals surface area contributed by atoms with Crippen molar-refractivity contribution in [3.8, 4) is 0 Å². The fraction of sp³-hybridized carbons (Fsp3) is 0.714. The number of aryl methyl sites for hydroxylation is 1. The summed E-state index contributed by atoms with van der Waals surface area (Å²) in [5.74, 6) is 0. The Hall–Kier alpha value is -0.380. The zero-order chi connectivity index (χ0) is 11.7. The molecule has 1 atom stereocenters. The highest BCUT2D eigenvalue weighted by atomic mass is 32.1. The summed E-state index contributed by atoms with van der Waals surface area (Å²) in [6, 6.07) is 3.84. The second-order valence-electron chi connectivity index (χ2n) is 5.31. The van der Waals surface area contributed by atoms with Gasteiger partial charge >= 0.3 is 0 Å². The minimum Gasteiger partial charge on any atom is -0.317 e. The molecule has 1 aromatic heterocycles. The predicted octanol–water partition coefficient (Wildman–Crippen LogP) is 2.81. The third kappa shape index (κ3) is 2.28. The van der Waals surface area contributed by atoms with Crippen molar-refractivity contribution in [2.45, 2.75) is 44.2 Å². The second-order valence-corrected chi connectivity index (χ2v) is 6.31. The zero-order valence-electron chi connectivity index (χ0n) is 10.6. The average Bonchev–Trinajstić information content (AvgIpc) is 2.87. The summed E-state index contributed by atoms with van der Waals surface area (Å²) in [4.78, 5) is 4.37. The highest BCUT2D eigenvalue weighted by Crippen LogP contribution is 2.38. The van der Waals surface area contributed by atoms with Crippen LogP contribution >= 0.6 is 11.3 Å². The van der Waals surface area contributed by atoms with Gasteiger partial charge in [0.2, 0.25) is 0 Å². The van der Waals surface area contributed by atoms with E-state index in [4.69, 9.17) is 0 Å². The summed E-state index contributed by atoms with van der Waals surface area (Å²) < 4.78 is 0. The molecule has 1 unspecified atom stereocenters. The Labute approximate surface area is 108 Å². The van der Waals surface area contributed by atoms with Crippen LogP contribution in [-0.4, -0.2) is 31.1 Å². The fourth-order valence-electron chi connectivity index (χ4n) is 3.34. The molecule has 0 aromatic carbocycles. The molecule has 2 heterocycles. The molecule has 1 aliphatic carbocycles. The van der Waals surface area contributed by atoms with E-state index in [-0.39, 0.29) is 0 Å². The molecule has 2 aliphatic rings. The van der Waals surface area contributed by atoms with Crippen LogP contribution in [0.3, 0.4) is 0 Å². The Kier molecular flexibility index (Phi) is 3.50. The van der Waals surface area contributed by atoms with Gasteiger partial charge in [-0.1, -0.05) is 0 Å². The molecule has 94 valence electrons. The first-order valence-electron chi connectivity index (χ1n) is 6.86. The van der Waals surface area contributed by atoms with Gasteiger partial charge < -0.3 is 5.32 Å². The molecule has 1 saturated heterocycles. The van der Waals surface area contributed by atoms with E-state index in [1.165, 1.54) is 45.2 Å². The van der Waals surface area contributed by atoms with Crippen LogP contribution in [0.25, 0.3) is 0 Å². The van der Waals surface area contributed by atoms with Crippen LogP contribution < -0.4 is 5.32 Å². The van der Waals surface area contributed by atoms with Gasteiger partial charge in [0.25, 0.3) is 0 Å². The minimum absolute atomic E-state index is 0.725. The van der Waals surface area contributed by atoms with E-state index in [1.807, 2.05) is 11.3 Å². The maximum atomic E-state index is 3.42. The summed E-state index contributed by atoms with van der Waals surface area (Å²) in [5, 5.41) is 5.70. The second kappa shape index (κ2) is 5.09. The van der Waals surface area contributed by atoms with E-state index >= 15 is 0 Å². The molecule has 0 saturated carbocycles. The molecule has 0 bridgehead atoms. The van der Waals surface area contributed by atoms with E-state index in [2.05, 4.69) is 28.7 Å². The molecule has 2 nitrogen and oxygen atoms in total. The van der Waals surface area contributed by atoms with Crippen molar-refractivity contribution < 1.29 is 0 Å². The lowest BCUT2D eigenvalue weighted by Gasteiger charge is -2.39. The molecular weight excluding hydrogens is 228 g/mol. The molecule has 3 heteroatoms. The Morgan fingerprint density at radius 2 is 2.12 bits per heavy atom. The Morgan fingerprint density at radius 3 is 2.88 bits per heavy atom. The Balaban J connectivity index is 1.70. The first kappa shape index (κ1) is 11.7. The number of likely N-dealkylation sites (tertiary alicyclic amines) is 1. The number of fused-ring (bicyclic) bond motifs is 1. The molecule has 1 aromatic rings. The van der Waals surface area contributed by atoms with Crippen molar-refractivity contribution in [1.82, 2.24) is 10.2 Å². The lowest BCUT2D eigenvalue weighted by molar-refractivity contribution is 0.133. The van der Waals surface area contributed by atoms with Crippen LogP contribution in [0.5, 0.6) is 0 Å². The molecular formula is C14H22N2S. The molecule has 1 N–H and O–H groups in total. The molecule has 0 amide bonds. The van der Waals surface area contributed by atoms with E-state index in [9.17, 15) is 0 Å². The molecule has 17 heavy (non-hydrogen) atoms. The van der Waals surface area contributed by atoms with E-state index in [0.29, 0.717) is 0 Å². The number of thiophene rings is 1. The van der Waals surface area contributed by atoms with Gasteiger partial charge in [0.15, 0.2) is 0 Å². The van der Waals surface area contributed by atoms with Crippen molar-refractivity contribution in [1.29, 1.82) is 0 Å². The third-order valence-corrected chi connectivity index (χ3v) is 5.40. The van der Waals surface area contributed by atoms with Crippen molar-refractivity contribution in [2.24, 2.45) is 0 Å². The van der Waals surface area contributed by atoms with Gasteiger partial charge in [-0.05, 0) is 56.2 Å². The first-order valence-corrected chi connectivity index (χ1v) is 7.74. The SMILES string of the molecule is CNC1CCN(C2CCCc3sccc32)CC1. The summed E-state index contributed by atoms with van der Waals surface area (Å²) in [5.41, 5.74) is 1.64. The van der Waals surface area contributed by atoms with Crippen molar-refractivity contribution in [3.63, 3.8) is 0 Å². The van der Waals surface area contributed by atoms with E-state index in [0.717, 1.165) is 12.1 Å². The maximum Gasteiger partial charge on any atom is 0.0359 e. The summed E-state index contributed by atoms with van der Waals surface area (Å²) in [6.45, 7) is 2.54. The molecule has 3 rings (SSSR count). The summed E-state index contributed by atoms with van der Waals surface area (Å²) in [7, 11) is 2.10. The van der Waals surface area contributed by atoms with Crippen molar-refractivity contribution >= 4 is 11.3 Å². The highest BCUT2D eigenvalue weighted by molar-refractivity contribution is 7.10. The standard InChI is InChI=1S/C14H22N2S/c1-15-11-5-8-16(9-6-11)13-3-2-4-14-12(13)7-10-17-14/h7,10-11,13,15H,2-6,8-9H2,1H3. The van der Waals surface area contributed by atoms with Gasteiger partial charge in [-0.25, -0.2) is 0 Å². The fourth-order valence-corrected chi connectivity index (χ4v) is 4.32. The smallest absolute Gasteiger partial charge is 0.0359 e. The van der Waals surface area contributed by atoms with Gasteiger partial charge in [0, 0.05) is 30.1 Å². The predicted molar refractivity (Wildman–Crippen MR) is 73.7 cm³/mol. The van der Waals surface area contributed by atoms with Crippen LogP contribution in [0.2, 0.25) is 0 Å². The largest absolute Gasteiger partial charge is 0.317 e. The maximum absolute atomic E-state index is 3.42. The first-order chi connectivity index (χ1) is 8.38. The van der Waals surface area contributed by atoms with Gasteiger partial charge in [-0.3, -0.25) is 4.90 Å². The lowest BCUT2D eigenvalue weighted by Crippen LogP contribution is -2.43. The number of hydrogen-bond acceptors (Lipinski definition) is 3. The number of piperidine rings is 1. The average molecular weight is 250 g/mol. The topological polar surface area (TPSA) is 15.3 Å². The Bertz CT molecular complexity index is 366. The van der Waals surface area contributed by atoms with Crippen molar-refractivity contribution in [3.05, 3.63) is 21.9 Å². The van der Waals surface area contributed by atoms with E-state index < -0.39 is 0 Å². The molecule has 0 spiro atoms. The van der Waals surface area contributed by atoms with Crippen LogP contribution in [0.15, 0.2) is 11.4 Å². The highest BCUT2D eigenvalue weighted by Gasteiger charge is 2.29. The number of nitrogens with one attached hydrogen (secondary N) is 1. The molecule has 1 fully saturated rings. The molecule has 1 aliphatic heterocycles. The lowest BCUT2D eigenvalue weighted by atomic mass is 9.91. The Morgan fingerprint density at radius 1 is 1.29 bits per heavy atom. The van der Waals surface area contributed by atoms with Gasteiger partial charge in [0.05, 0.1) is 0 Å². The summed E-state index contributed by atoms with van der Waals surface area (Å²) in [6.07, 6.45) is 6.69. The van der Waals surface area contributed by atoms with Gasteiger partial charge in [0.1, 0.15) is 0 Å². The number of rotatable bonds is 2. The number of nitrogens with zero attached hydrogens (tertiary/aromatic N) is 1. The zero-order valence-corrected chi connectivity index (χ0v) is 11.4. The van der Waals surface area contributed by atoms with Crippen molar-refractivity contribution in [2.75, 3.05) is 20.1 Å². The van der Waals surface area contributed by atoms with E-state index in [1.54, 1.807) is 10.4 Å². The van der Waals surface area contributed by atoms with Crippen LogP contribution in [0.4, 0.5) is 0 Å². The number of hydrogen-bond donors (Lipinski definition) is 1. The quantitative estimate of drug-likeness (QED) is 0.868. The summed E-state index contributed by atoms with van der Waals surface area (Å²) >= 11 is 1.96. The van der Waals surface area contributed by atoms with Crippen LogP contribution in [0.1, 0.15) is 42.2 Å². The minimum atomic E-state index is 0.725. The van der Waals surface area contributed by atoms with Gasteiger partial charge in [-0.2, -0.15) is 0 Å². The normalized spacial score (nSPS) is 27.0. The van der Waals surface area contributed by atoms with Gasteiger partial charge in [-0.15, -0.1) is 11.3 Å². The monoisotopic (exact) mass is 250 g/mol.